The normalized spacial score (nSPS) is 22.7. The highest BCUT2D eigenvalue weighted by Gasteiger charge is 2.22. The topological polar surface area (TPSA) is 64.4 Å². The summed E-state index contributed by atoms with van der Waals surface area (Å²) in [4.78, 5) is 15.9. The molecule has 0 radical (unpaired) electrons. The van der Waals surface area contributed by atoms with Crippen molar-refractivity contribution < 1.29 is 13.9 Å². The van der Waals surface area contributed by atoms with Crippen LogP contribution in [0.4, 0.5) is 0 Å². The van der Waals surface area contributed by atoms with Crippen molar-refractivity contribution in [2.24, 2.45) is 0 Å². The maximum absolute atomic E-state index is 11.7. The summed E-state index contributed by atoms with van der Waals surface area (Å²) in [5, 5.41) is 2.82. The monoisotopic (exact) mass is 266 g/mol. The van der Waals surface area contributed by atoms with Crippen LogP contribution in [0.1, 0.15) is 50.0 Å². The number of nitrogens with one attached hydrogen (secondary N) is 1. The summed E-state index contributed by atoms with van der Waals surface area (Å²) in [6.45, 7) is 6.19. The lowest BCUT2D eigenvalue weighted by Gasteiger charge is -2.10. The van der Waals surface area contributed by atoms with Crippen LogP contribution >= 0.6 is 0 Å². The number of hydrogen-bond acceptors (Lipinski definition) is 4. The summed E-state index contributed by atoms with van der Waals surface area (Å²) in [6, 6.07) is 0. The second-order valence-electron chi connectivity index (χ2n) is 5.21. The highest BCUT2D eigenvalue weighted by atomic mass is 16.5. The highest BCUT2D eigenvalue weighted by molar-refractivity contribution is 5.75. The first-order chi connectivity index (χ1) is 9.04. The Morgan fingerprint density at radius 1 is 1.42 bits per heavy atom. The third-order valence-electron chi connectivity index (χ3n) is 3.52. The number of aromatic nitrogens is 1. The fourth-order valence-electron chi connectivity index (χ4n) is 2.27. The van der Waals surface area contributed by atoms with Crippen molar-refractivity contribution in [3.63, 3.8) is 0 Å². The van der Waals surface area contributed by atoms with Gasteiger partial charge < -0.3 is 14.5 Å². The Labute approximate surface area is 113 Å². The third-order valence-corrected chi connectivity index (χ3v) is 3.52. The lowest BCUT2D eigenvalue weighted by atomic mass is 10.1. The molecular weight excluding hydrogens is 244 g/mol. The Morgan fingerprint density at radius 2 is 2.21 bits per heavy atom. The molecule has 1 aromatic rings. The van der Waals surface area contributed by atoms with Gasteiger partial charge >= 0.3 is 0 Å². The first-order valence-electron chi connectivity index (χ1n) is 6.89. The molecule has 1 aliphatic heterocycles. The average molecular weight is 266 g/mol. The van der Waals surface area contributed by atoms with Gasteiger partial charge in [-0.15, -0.1) is 0 Å². The summed E-state index contributed by atoms with van der Waals surface area (Å²) in [5.74, 6) is 1.39. The van der Waals surface area contributed by atoms with Gasteiger partial charge in [0, 0.05) is 6.42 Å². The lowest BCUT2D eigenvalue weighted by molar-refractivity contribution is -0.122. The molecule has 0 aliphatic carbocycles. The second kappa shape index (κ2) is 6.19. The van der Waals surface area contributed by atoms with Gasteiger partial charge in [-0.3, -0.25) is 4.79 Å². The van der Waals surface area contributed by atoms with Crippen LogP contribution in [0.5, 0.6) is 0 Å². The fraction of sp³-hybridized carbons (Fsp3) is 0.714. The maximum atomic E-state index is 11.7. The molecule has 1 amide bonds. The van der Waals surface area contributed by atoms with Gasteiger partial charge in [-0.2, -0.15) is 0 Å². The SMILES string of the molecule is Cc1nc(CNC(=O)CC[C@@H]2CC[C@H](C)O2)oc1C. The number of oxazole rings is 1. The molecule has 1 aliphatic rings. The van der Waals surface area contributed by atoms with E-state index in [9.17, 15) is 4.79 Å². The van der Waals surface area contributed by atoms with Crippen molar-refractivity contribution in [2.75, 3.05) is 0 Å². The first kappa shape index (κ1) is 14.1. The summed E-state index contributed by atoms with van der Waals surface area (Å²) in [6.07, 6.45) is 4.03. The number of nitrogens with zero attached hydrogens (tertiary/aromatic N) is 1. The summed E-state index contributed by atoms with van der Waals surface area (Å²) >= 11 is 0. The van der Waals surface area contributed by atoms with E-state index in [2.05, 4.69) is 17.2 Å². The van der Waals surface area contributed by atoms with E-state index in [1.807, 2.05) is 13.8 Å². The Balaban J connectivity index is 1.67. The summed E-state index contributed by atoms with van der Waals surface area (Å²) in [5.41, 5.74) is 0.873. The minimum Gasteiger partial charge on any atom is -0.444 e. The summed E-state index contributed by atoms with van der Waals surface area (Å²) < 4.78 is 11.1. The van der Waals surface area contributed by atoms with E-state index in [0.29, 0.717) is 25.0 Å². The highest BCUT2D eigenvalue weighted by Crippen LogP contribution is 2.22. The number of aryl methyl sites for hydroxylation is 2. The molecular formula is C14H22N2O3. The molecule has 2 atom stereocenters. The van der Waals surface area contributed by atoms with Crippen LogP contribution in [0.3, 0.4) is 0 Å². The van der Waals surface area contributed by atoms with Gasteiger partial charge in [-0.05, 0) is 40.0 Å². The van der Waals surface area contributed by atoms with Gasteiger partial charge in [0.2, 0.25) is 11.8 Å². The van der Waals surface area contributed by atoms with E-state index in [-0.39, 0.29) is 12.0 Å². The Morgan fingerprint density at radius 3 is 2.79 bits per heavy atom. The second-order valence-corrected chi connectivity index (χ2v) is 5.21. The van der Waals surface area contributed by atoms with E-state index in [1.165, 1.54) is 0 Å². The molecule has 2 rings (SSSR count). The Kier molecular flexibility index (Phi) is 4.58. The molecule has 1 fully saturated rings. The molecule has 2 heterocycles. The number of ether oxygens (including phenoxy) is 1. The molecule has 0 saturated carbocycles. The van der Waals surface area contributed by atoms with E-state index in [0.717, 1.165) is 30.7 Å². The van der Waals surface area contributed by atoms with E-state index >= 15 is 0 Å². The minimum absolute atomic E-state index is 0.0247. The number of carbonyl (C=O) groups excluding carboxylic acids is 1. The number of carbonyl (C=O) groups is 1. The molecule has 5 heteroatoms. The van der Waals surface area contributed by atoms with Crippen molar-refractivity contribution in [3.05, 3.63) is 17.3 Å². The van der Waals surface area contributed by atoms with Crippen molar-refractivity contribution in [1.82, 2.24) is 10.3 Å². The zero-order valence-corrected chi connectivity index (χ0v) is 11.9. The maximum Gasteiger partial charge on any atom is 0.220 e. The first-order valence-corrected chi connectivity index (χ1v) is 6.89. The van der Waals surface area contributed by atoms with Crippen LogP contribution in [0.15, 0.2) is 4.42 Å². The Bertz CT molecular complexity index is 422. The largest absolute Gasteiger partial charge is 0.444 e. The van der Waals surface area contributed by atoms with E-state index in [1.54, 1.807) is 0 Å². The predicted octanol–water partition coefficient (Wildman–Crippen LogP) is 2.26. The van der Waals surface area contributed by atoms with Crippen LogP contribution < -0.4 is 5.32 Å². The molecule has 0 unspecified atom stereocenters. The van der Waals surface area contributed by atoms with Gasteiger partial charge in [0.15, 0.2) is 0 Å². The molecule has 19 heavy (non-hydrogen) atoms. The lowest BCUT2D eigenvalue weighted by Crippen LogP contribution is -2.24. The molecule has 1 saturated heterocycles. The molecule has 0 spiro atoms. The van der Waals surface area contributed by atoms with Crippen molar-refractivity contribution in [3.8, 4) is 0 Å². The number of amides is 1. The van der Waals surface area contributed by atoms with E-state index < -0.39 is 0 Å². The molecule has 1 N–H and O–H groups in total. The van der Waals surface area contributed by atoms with E-state index in [4.69, 9.17) is 9.15 Å². The fourth-order valence-corrected chi connectivity index (χ4v) is 2.27. The van der Waals surface area contributed by atoms with Crippen LogP contribution in [-0.4, -0.2) is 23.1 Å². The number of hydrogen-bond donors (Lipinski definition) is 1. The van der Waals surface area contributed by atoms with Crippen LogP contribution in [0.2, 0.25) is 0 Å². The van der Waals surface area contributed by atoms with Gasteiger partial charge in [-0.25, -0.2) is 4.98 Å². The quantitative estimate of drug-likeness (QED) is 0.887. The smallest absolute Gasteiger partial charge is 0.220 e. The van der Waals surface area contributed by atoms with Gasteiger partial charge in [-0.1, -0.05) is 0 Å². The third kappa shape index (κ3) is 4.06. The van der Waals surface area contributed by atoms with Crippen molar-refractivity contribution in [1.29, 1.82) is 0 Å². The van der Waals surface area contributed by atoms with Crippen LogP contribution in [0, 0.1) is 13.8 Å². The standard InChI is InChI=1S/C14H22N2O3/c1-9-4-5-12(18-9)6-7-13(17)15-8-14-16-10(2)11(3)19-14/h9,12H,4-8H2,1-3H3,(H,15,17)/t9-,12-/m0/s1. The molecule has 106 valence electrons. The zero-order chi connectivity index (χ0) is 13.8. The zero-order valence-electron chi connectivity index (χ0n) is 11.9. The molecule has 1 aromatic heterocycles. The Hall–Kier alpha value is -1.36. The van der Waals surface area contributed by atoms with Crippen LogP contribution in [-0.2, 0) is 16.1 Å². The van der Waals surface area contributed by atoms with Gasteiger partial charge in [0.05, 0.1) is 24.4 Å². The van der Waals surface area contributed by atoms with Crippen molar-refractivity contribution in [2.45, 2.75) is 65.2 Å². The van der Waals surface area contributed by atoms with Crippen LogP contribution in [0.25, 0.3) is 0 Å². The summed E-state index contributed by atoms with van der Waals surface area (Å²) in [7, 11) is 0. The van der Waals surface area contributed by atoms with Gasteiger partial charge in [0.25, 0.3) is 0 Å². The van der Waals surface area contributed by atoms with Crippen molar-refractivity contribution >= 4 is 5.91 Å². The number of rotatable bonds is 5. The molecule has 0 aromatic carbocycles. The molecule has 5 nitrogen and oxygen atoms in total. The minimum atomic E-state index is 0.0247. The molecule has 0 bridgehead atoms. The average Bonchev–Trinajstić information content (AvgIpc) is 2.91. The van der Waals surface area contributed by atoms with Gasteiger partial charge in [0.1, 0.15) is 5.76 Å². The predicted molar refractivity (Wildman–Crippen MR) is 70.6 cm³/mol.